The standard InChI is InChI=1S/C13H18BrNO3/c1-9(2)8-17-6-7-18-13(16)10-4-3-5-11(14)12(10)15/h3-5,9H,6-8,15H2,1-2H3. The van der Waals surface area contributed by atoms with E-state index < -0.39 is 5.97 Å². The van der Waals surface area contributed by atoms with Crippen molar-refractivity contribution >= 4 is 27.6 Å². The summed E-state index contributed by atoms with van der Waals surface area (Å²) in [7, 11) is 0. The Morgan fingerprint density at radius 3 is 2.78 bits per heavy atom. The van der Waals surface area contributed by atoms with Crippen molar-refractivity contribution in [2.24, 2.45) is 5.92 Å². The van der Waals surface area contributed by atoms with Crippen molar-refractivity contribution in [2.45, 2.75) is 13.8 Å². The first kappa shape index (κ1) is 15.0. The molecule has 0 amide bonds. The van der Waals surface area contributed by atoms with E-state index in [9.17, 15) is 4.79 Å². The van der Waals surface area contributed by atoms with Gasteiger partial charge in [0, 0.05) is 11.1 Å². The van der Waals surface area contributed by atoms with E-state index in [1.807, 2.05) is 0 Å². The summed E-state index contributed by atoms with van der Waals surface area (Å²) in [6.45, 7) is 5.42. The first-order chi connectivity index (χ1) is 8.52. The molecule has 0 unspecified atom stereocenters. The molecule has 0 saturated carbocycles. The third-order valence-corrected chi connectivity index (χ3v) is 2.88. The van der Waals surface area contributed by atoms with Gasteiger partial charge in [0.15, 0.2) is 0 Å². The van der Waals surface area contributed by atoms with Crippen LogP contribution in [0.5, 0.6) is 0 Å². The van der Waals surface area contributed by atoms with Crippen LogP contribution in [0.4, 0.5) is 5.69 Å². The molecule has 1 aromatic rings. The van der Waals surface area contributed by atoms with Crippen LogP contribution in [0.15, 0.2) is 22.7 Å². The summed E-state index contributed by atoms with van der Waals surface area (Å²) in [5, 5.41) is 0. The minimum Gasteiger partial charge on any atom is -0.460 e. The molecule has 0 radical (unpaired) electrons. The van der Waals surface area contributed by atoms with Gasteiger partial charge in [-0.1, -0.05) is 19.9 Å². The predicted molar refractivity (Wildman–Crippen MR) is 74.5 cm³/mol. The van der Waals surface area contributed by atoms with Gasteiger partial charge in [0.05, 0.1) is 17.9 Å². The van der Waals surface area contributed by atoms with Gasteiger partial charge in [0.1, 0.15) is 6.61 Å². The van der Waals surface area contributed by atoms with Gasteiger partial charge >= 0.3 is 5.97 Å². The van der Waals surface area contributed by atoms with Crippen molar-refractivity contribution in [1.29, 1.82) is 0 Å². The normalized spacial score (nSPS) is 10.7. The first-order valence-corrected chi connectivity index (χ1v) is 6.60. The molecule has 0 heterocycles. The SMILES string of the molecule is CC(C)COCCOC(=O)c1cccc(Br)c1N. The molecule has 5 heteroatoms. The number of halogens is 1. The van der Waals surface area contributed by atoms with Crippen LogP contribution >= 0.6 is 15.9 Å². The van der Waals surface area contributed by atoms with E-state index in [0.717, 1.165) is 0 Å². The second-order valence-electron chi connectivity index (χ2n) is 4.31. The Bertz CT molecular complexity index is 407. The van der Waals surface area contributed by atoms with Crippen molar-refractivity contribution in [3.63, 3.8) is 0 Å². The minimum atomic E-state index is -0.429. The molecule has 0 aliphatic carbocycles. The van der Waals surface area contributed by atoms with Crippen LogP contribution in [-0.2, 0) is 9.47 Å². The Kier molecular flexibility index (Phi) is 6.15. The van der Waals surface area contributed by atoms with E-state index >= 15 is 0 Å². The molecule has 0 atom stereocenters. The van der Waals surface area contributed by atoms with Gasteiger partial charge in [-0.25, -0.2) is 4.79 Å². The Morgan fingerprint density at radius 2 is 2.11 bits per heavy atom. The zero-order valence-electron chi connectivity index (χ0n) is 10.6. The fraction of sp³-hybridized carbons (Fsp3) is 0.462. The number of hydrogen-bond acceptors (Lipinski definition) is 4. The van der Waals surface area contributed by atoms with Crippen molar-refractivity contribution in [2.75, 3.05) is 25.6 Å². The number of carbonyl (C=O) groups excluding carboxylic acids is 1. The van der Waals surface area contributed by atoms with E-state index in [1.54, 1.807) is 18.2 Å². The van der Waals surface area contributed by atoms with Gasteiger partial charge in [0.2, 0.25) is 0 Å². The maximum Gasteiger partial charge on any atom is 0.340 e. The number of nitrogens with two attached hydrogens (primary N) is 1. The summed E-state index contributed by atoms with van der Waals surface area (Å²) in [5.41, 5.74) is 6.54. The number of hydrogen-bond donors (Lipinski definition) is 1. The Balaban J connectivity index is 2.39. The molecule has 0 aliphatic heterocycles. The molecule has 1 aromatic carbocycles. The maximum absolute atomic E-state index is 11.7. The fourth-order valence-electron chi connectivity index (χ4n) is 1.31. The first-order valence-electron chi connectivity index (χ1n) is 5.81. The topological polar surface area (TPSA) is 61.5 Å². The number of ether oxygens (including phenoxy) is 2. The molecule has 4 nitrogen and oxygen atoms in total. The minimum absolute atomic E-state index is 0.234. The Labute approximate surface area is 116 Å². The molecule has 1 rings (SSSR count). The van der Waals surface area contributed by atoms with Crippen LogP contribution in [0.1, 0.15) is 24.2 Å². The highest BCUT2D eigenvalue weighted by Crippen LogP contribution is 2.23. The molecule has 100 valence electrons. The fourth-order valence-corrected chi connectivity index (χ4v) is 1.67. The third kappa shape index (κ3) is 4.66. The molecule has 0 aliphatic rings. The molecule has 0 saturated heterocycles. The maximum atomic E-state index is 11.7. The lowest BCUT2D eigenvalue weighted by Gasteiger charge is -2.09. The highest BCUT2D eigenvalue weighted by Gasteiger charge is 2.12. The zero-order chi connectivity index (χ0) is 13.5. The smallest absolute Gasteiger partial charge is 0.340 e. The van der Waals surface area contributed by atoms with Crippen LogP contribution in [0, 0.1) is 5.92 Å². The molecule has 0 fully saturated rings. The number of rotatable bonds is 6. The van der Waals surface area contributed by atoms with Crippen LogP contribution in [-0.4, -0.2) is 25.8 Å². The summed E-state index contributed by atoms with van der Waals surface area (Å²) < 4.78 is 11.1. The second kappa shape index (κ2) is 7.38. The summed E-state index contributed by atoms with van der Waals surface area (Å²) in [4.78, 5) is 11.7. The predicted octanol–water partition coefficient (Wildman–Crippen LogP) is 2.86. The van der Waals surface area contributed by atoms with Crippen molar-refractivity contribution in [3.8, 4) is 0 Å². The quantitative estimate of drug-likeness (QED) is 0.498. The number of carbonyl (C=O) groups is 1. The lowest BCUT2D eigenvalue weighted by molar-refractivity contribution is 0.0278. The van der Waals surface area contributed by atoms with Crippen molar-refractivity contribution in [1.82, 2.24) is 0 Å². The molecule has 0 bridgehead atoms. The monoisotopic (exact) mass is 315 g/mol. The number of para-hydroxylation sites is 1. The molecular formula is C13H18BrNO3. The van der Waals surface area contributed by atoms with Crippen LogP contribution in [0.3, 0.4) is 0 Å². The third-order valence-electron chi connectivity index (χ3n) is 2.18. The number of esters is 1. The van der Waals surface area contributed by atoms with Crippen molar-refractivity contribution < 1.29 is 14.3 Å². The number of anilines is 1. The van der Waals surface area contributed by atoms with Gasteiger partial charge in [-0.3, -0.25) is 0 Å². The zero-order valence-corrected chi connectivity index (χ0v) is 12.2. The van der Waals surface area contributed by atoms with E-state index in [4.69, 9.17) is 15.2 Å². The second-order valence-corrected chi connectivity index (χ2v) is 5.16. The molecule has 2 N–H and O–H groups in total. The molecule has 0 spiro atoms. The van der Waals surface area contributed by atoms with Crippen LogP contribution in [0.2, 0.25) is 0 Å². The van der Waals surface area contributed by atoms with Gasteiger partial charge < -0.3 is 15.2 Å². The summed E-state index contributed by atoms with van der Waals surface area (Å²) >= 11 is 3.27. The van der Waals surface area contributed by atoms with Crippen LogP contribution in [0.25, 0.3) is 0 Å². The number of benzene rings is 1. The van der Waals surface area contributed by atoms with Gasteiger partial charge in [0.25, 0.3) is 0 Å². The Hall–Kier alpha value is -1.07. The molecule has 18 heavy (non-hydrogen) atoms. The van der Waals surface area contributed by atoms with E-state index in [2.05, 4.69) is 29.8 Å². The average molecular weight is 316 g/mol. The largest absolute Gasteiger partial charge is 0.460 e. The Morgan fingerprint density at radius 1 is 1.39 bits per heavy atom. The van der Waals surface area contributed by atoms with E-state index in [-0.39, 0.29) is 6.61 Å². The van der Waals surface area contributed by atoms with Gasteiger partial charge in [-0.2, -0.15) is 0 Å². The van der Waals surface area contributed by atoms with Gasteiger partial charge in [-0.15, -0.1) is 0 Å². The summed E-state index contributed by atoms with van der Waals surface area (Å²) in [6.07, 6.45) is 0. The molecule has 0 aromatic heterocycles. The lowest BCUT2D eigenvalue weighted by Crippen LogP contribution is -2.14. The van der Waals surface area contributed by atoms with E-state index in [1.165, 1.54) is 0 Å². The van der Waals surface area contributed by atoms with Crippen LogP contribution < -0.4 is 5.73 Å². The average Bonchev–Trinajstić information content (AvgIpc) is 2.31. The van der Waals surface area contributed by atoms with Crippen molar-refractivity contribution in [3.05, 3.63) is 28.2 Å². The summed E-state index contributed by atoms with van der Waals surface area (Å²) in [5.74, 6) is 0.0448. The molecular weight excluding hydrogens is 298 g/mol. The highest BCUT2D eigenvalue weighted by atomic mass is 79.9. The number of nitrogen functional groups attached to an aromatic ring is 1. The lowest BCUT2D eigenvalue weighted by atomic mass is 10.2. The highest BCUT2D eigenvalue weighted by molar-refractivity contribution is 9.10. The van der Waals surface area contributed by atoms with E-state index in [0.29, 0.717) is 34.9 Å². The van der Waals surface area contributed by atoms with Gasteiger partial charge in [-0.05, 0) is 34.0 Å². The summed E-state index contributed by atoms with van der Waals surface area (Å²) in [6, 6.07) is 5.15.